The van der Waals surface area contributed by atoms with Crippen LogP contribution in [0, 0.1) is 6.92 Å². The first-order valence-electron chi connectivity index (χ1n) is 10.6. The summed E-state index contributed by atoms with van der Waals surface area (Å²) in [5, 5.41) is 10.5. The maximum absolute atomic E-state index is 14.4. The van der Waals surface area contributed by atoms with Crippen LogP contribution in [-0.4, -0.2) is 48.0 Å². The number of rotatable bonds is 8. The van der Waals surface area contributed by atoms with E-state index < -0.39 is 15.6 Å². The molecule has 9 heteroatoms. The van der Waals surface area contributed by atoms with Crippen LogP contribution in [0.1, 0.15) is 36.4 Å². The number of fused-ring (bicyclic) bond motifs is 1. The molecule has 2 aromatic heterocycles. The topological polar surface area (TPSA) is 101 Å². The van der Waals surface area contributed by atoms with Crippen LogP contribution >= 0.6 is 0 Å². The van der Waals surface area contributed by atoms with Gasteiger partial charge in [0.15, 0.2) is 0 Å². The molecule has 0 unspecified atom stereocenters. The number of benzene rings is 1. The highest BCUT2D eigenvalue weighted by Crippen LogP contribution is 2.30. The molecule has 0 aliphatic carbocycles. The fraction of sp³-hybridized carbons (Fsp3) is 0.375. The van der Waals surface area contributed by atoms with E-state index in [0.29, 0.717) is 17.6 Å². The van der Waals surface area contributed by atoms with Gasteiger partial charge in [0, 0.05) is 38.3 Å². The zero-order valence-electron chi connectivity index (χ0n) is 19.6. The van der Waals surface area contributed by atoms with Gasteiger partial charge in [-0.05, 0) is 56.7 Å². The minimum atomic E-state index is -3.52. The number of sulfonamides is 1. The molecule has 1 aromatic carbocycles. The smallest absolute Gasteiger partial charge is 0.242 e. The van der Waals surface area contributed by atoms with Gasteiger partial charge in [0.25, 0.3) is 0 Å². The third-order valence-corrected chi connectivity index (χ3v) is 7.48. The van der Waals surface area contributed by atoms with Gasteiger partial charge in [-0.2, -0.15) is 0 Å². The molecular weight excluding hydrogens is 443 g/mol. The van der Waals surface area contributed by atoms with E-state index in [1.807, 2.05) is 17.6 Å². The van der Waals surface area contributed by atoms with Crippen molar-refractivity contribution >= 4 is 21.1 Å². The molecule has 2 heterocycles. The van der Waals surface area contributed by atoms with Crippen LogP contribution < -0.4 is 5.73 Å². The Labute approximate surface area is 194 Å². The second kappa shape index (κ2) is 9.34. The number of hydrogen-bond acceptors (Lipinski definition) is 5. The molecule has 0 amide bonds. The molecule has 178 valence electrons. The Bertz CT molecular complexity index is 1290. The largest absolute Gasteiger partial charge is 0.384 e. The lowest BCUT2D eigenvalue weighted by Gasteiger charge is -2.16. The fourth-order valence-electron chi connectivity index (χ4n) is 3.70. The Balaban J connectivity index is 2.11. The van der Waals surface area contributed by atoms with Crippen LogP contribution in [0.3, 0.4) is 0 Å². The van der Waals surface area contributed by atoms with Gasteiger partial charge in [-0.15, -0.1) is 0 Å². The highest BCUT2D eigenvalue weighted by Gasteiger charge is 2.23. The van der Waals surface area contributed by atoms with Crippen LogP contribution in [0.4, 0.5) is 4.39 Å². The average molecular weight is 475 g/mol. The molecule has 3 N–H and O–H groups in total. The van der Waals surface area contributed by atoms with Crippen molar-refractivity contribution in [3.63, 3.8) is 0 Å². The Morgan fingerprint density at radius 3 is 2.39 bits per heavy atom. The fourth-order valence-corrected chi connectivity index (χ4v) is 4.60. The number of aromatic nitrogens is 2. The minimum Gasteiger partial charge on any atom is -0.384 e. The van der Waals surface area contributed by atoms with Gasteiger partial charge in [0.2, 0.25) is 10.0 Å². The van der Waals surface area contributed by atoms with Crippen LogP contribution in [0.25, 0.3) is 11.0 Å². The van der Waals surface area contributed by atoms with Crippen molar-refractivity contribution in [2.24, 2.45) is 5.73 Å². The second-order valence-corrected chi connectivity index (χ2v) is 10.9. The summed E-state index contributed by atoms with van der Waals surface area (Å²) in [6.07, 6.45) is 1.82. The summed E-state index contributed by atoms with van der Waals surface area (Å²) in [7, 11) is -0.532. The van der Waals surface area contributed by atoms with Crippen LogP contribution in [-0.2, 0) is 28.6 Å². The van der Waals surface area contributed by atoms with Crippen molar-refractivity contribution < 1.29 is 17.9 Å². The van der Waals surface area contributed by atoms with E-state index in [-0.39, 0.29) is 23.8 Å². The van der Waals surface area contributed by atoms with Gasteiger partial charge in [-0.25, -0.2) is 22.1 Å². The van der Waals surface area contributed by atoms with Crippen molar-refractivity contribution in [2.45, 2.75) is 44.2 Å². The summed E-state index contributed by atoms with van der Waals surface area (Å²) >= 11 is 0. The third kappa shape index (κ3) is 5.16. The maximum Gasteiger partial charge on any atom is 0.242 e. The molecule has 3 rings (SSSR count). The standard InChI is InChI=1S/C24H31FN4O3S/c1-16-20(14-17-6-8-19(9-7-17)33(31,32)28(4)5)23-21(29(16)15-18(25)12-13-26)10-11-22(27-23)24(2,3)30/h6-12,30H,13-15,26H2,1-5H3/b18-12-. The van der Waals surface area contributed by atoms with Crippen molar-refractivity contribution in [2.75, 3.05) is 20.6 Å². The number of allylic oxidation sites excluding steroid dienone is 1. The lowest BCUT2D eigenvalue weighted by molar-refractivity contribution is 0.0742. The van der Waals surface area contributed by atoms with E-state index in [9.17, 15) is 17.9 Å². The number of aliphatic hydroxyl groups is 1. The molecule has 0 radical (unpaired) electrons. The van der Waals surface area contributed by atoms with E-state index in [4.69, 9.17) is 10.7 Å². The molecule has 3 aromatic rings. The third-order valence-electron chi connectivity index (χ3n) is 5.65. The maximum atomic E-state index is 14.4. The molecule has 0 atom stereocenters. The molecule has 0 aliphatic rings. The number of hydrogen-bond donors (Lipinski definition) is 2. The number of halogens is 1. The molecule has 0 bridgehead atoms. The number of nitrogens with two attached hydrogens (primary N) is 1. The van der Waals surface area contributed by atoms with E-state index in [1.165, 1.54) is 24.5 Å². The molecule has 0 saturated carbocycles. The Hall–Kier alpha value is -2.59. The molecule has 7 nitrogen and oxygen atoms in total. The number of nitrogens with zero attached hydrogens (tertiary/aromatic N) is 3. The lowest BCUT2D eigenvalue weighted by atomic mass is 10.0. The first kappa shape index (κ1) is 25.0. The second-order valence-electron chi connectivity index (χ2n) is 8.77. The Kier molecular flexibility index (Phi) is 7.09. The normalized spacial score (nSPS) is 13.3. The number of pyridine rings is 1. The van der Waals surface area contributed by atoms with Crippen LogP contribution in [0.5, 0.6) is 0 Å². The predicted octanol–water partition coefficient (Wildman–Crippen LogP) is 3.23. The van der Waals surface area contributed by atoms with Gasteiger partial charge < -0.3 is 15.4 Å². The highest BCUT2D eigenvalue weighted by atomic mass is 32.2. The molecule has 0 aliphatic heterocycles. The van der Waals surface area contributed by atoms with E-state index in [0.717, 1.165) is 22.3 Å². The summed E-state index contributed by atoms with van der Waals surface area (Å²) < 4.78 is 42.1. The average Bonchev–Trinajstić information content (AvgIpc) is 2.99. The highest BCUT2D eigenvalue weighted by molar-refractivity contribution is 7.89. The molecule has 0 saturated heterocycles. The summed E-state index contributed by atoms with van der Waals surface area (Å²) in [6, 6.07) is 10.3. The van der Waals surface area contributed by atoms with Crippen molar-refractivity contribution in [3.8, 4) is 0 Å². The van der Waals surface area contributed by atoms with Gasteiger partial charge in [0.05, 0.1) is 28.2 Å². The van der Waals surface area contributed by atoms with Crippen molar-refractivity contribution in [1.82, 2.24) is 13.9 Å². The summed E-state index contributed by atoms with van der Waals surface area (Å²) in [4.78, 5) is 4.93. The SMILES string of the molecule is Cc1c(Cc2ccc(S(=O)(=O)N(C)C)cc2)c2nc(C(C)(C)O)ccc2n1C/C(F)=C/CN. The van der Waals surface area contributed by atoms with E-state index >= 15 is 0 Å². The first-order valence-corrected chi connectivity index (χ1v) is 12.1. The molecule has 0 fully saturated rings. The van der Waals surface area contributed by atoms with Gasteiger partial charge >= 0.3 is 0 Å². The first-order chi connectivity index (χ1) is 15.4. The van der Waals surface area contributed by atoms with Gasteiger partial charge in [-0.3, -0.25) is 0 Å². The molecular formula is C24H31FN4O3S. The zero-order chi connectivity index (χ0) is 24.6. The summed E-state index contributed by atoms with van der Waals surface area (Å²) in [6.45, 7) is 5.38. The lowest BCUT2D eigenvalue weighted by Crippen LogP contribution is -2.22. The van der Waals surface area contributed by atoms with E-state index in [2.05, 4.69) is 0 Å². The van der Waals surface area contributed by atoms with Crippen molar-refractivity contribution in [3.05, 3.63) is 70.8 Å². The molecule has 0 spiro atoms. The minimum absolute atomic E-state index is 0.0308. The Morgan fingerprint density at radius 1 is 1.21 bits per heavy atom. The molecule has 33 heavy (non-hydrogen) atoms. The van der Waals surface area contributed by atoms with Crippen molar-refractivity contribution in [1.29, 1.82) is 0 Å². The Morgan fingerprint density at radius 2 is 1.85 bits per heavy atom. The summed E-state index contributed by atoms with van der Waals surface area (Å²) in [5.41, 5.74) is 8.90. The van der Waals surface area contributed by atoms with Crippen LogP contribution in [0.2, 0.25) is 0 Å². The van der Waals surface area contributed by atoms with Gasteiger partial charge in [0.1, 0.15) is 11.4 Å². The van der Waals surface area contributed by atoms with Gasteiger partial charge in [-0.1, -0.05) is 12.1 Å². The summed E-state index contributed by atoms with van der Waals surface area (Å²) in [5.74, 6) is -0.339. The van der Waals surface area contributed by atoms with Crippen LogP contribution in [0.15, 0.2) is 53.2 Å². The predicted molar refractivity (Wildman–Crippen MR) is 128 cm³/mol. The van der Waals surface area contributed by atoms with E-state index in [1.54, 1.807) is 44.2 Å². The zero-order valence-corrected chi connectivity index (χ0v) is 20.4. The monoisotopic (exact) mass is 474 g/mol. The quantitative estimate of drug-likeness (QED) is 0.522.